The van der Waals surface area contributed by atoms with Crippen LogP contribution in [0.1, 0.15) is 6.92 Å². The Labute approximate surface area is 125 Å². The highest BCUT2D eigenvalue weighted by atomic mass is 19.2. The quantitative estimate of drug-likeness (QED) is 0.668. The zero-order valence-electron chi connectivity index (χ0n) is 12.3. The summed E-state index contributed by atoms with van der Waals surface area (Å²) in [5, 5.41) is 4.29. The van der Waals surface area contributed by atoms with Gasteiger partial charge in [-0.15, -0.1) is 0 Å². The van der Waals surface area contributed by atoms with Crippen LogP contribution in [0.3, 0.4) is 0 Å². The number of amides is 3. The number of nitrogens with zero attached hydrogens (tertiary/aromatic N) is 2. The lowest BCUT2D eigenvalue weighted by Gasteiger charge is -2.21. The van der Waals surface area contributed by atoms with E-state index in [4.69, 9.17) is 0 Å². The fourth-order valence-corrected chi connectivity index (χ4v) is 2.33. The van der Waals surface area contributed by atoms with Crippen LogP contribution in [0.4, 0.5) is 14.5 Å². The Morgan fingerprint density at radius 2 is 1.86 bits per heavy atom. The molecule has 0 spiro atoms. The average Bonchev–Trinajstić information content (AvgIpc) is 2.65. The maximum absolute atomic E-state index is 13.6. The normalized spacial score (nSPS) is 21.6. The summed E-state index contributed by atoms with van der Waals surface area (Å²) in [6.07, 6.45) is 0. The van der Waals surface area contributed by atoms with Crippen LogP contribution in [0.15, 0.2) is 18.2 Å². The summed E-state index contributed by atoms with van der Waals surface area (Å²) in [6.45, 7) is 1.44. The second kappa shape index (κ2) is 5.80. The minimum Gasteiger partial charge on any atom is -0.323 e. The topological polar surface area (TPSA) is 69.7 Å². The summed E-state index contributed by atoms with van der Waals surface area (Å²) in [5.41, 5.74) is -0.374. The van der Waals surface area contributed by atoms with Crippen molar-refractivity contribution in [1.29, 1.82) is 0 Å². The third kappa shape index (κ3) is 2.57. The summed E-state index contributed by atoms with van der Waals surface area (Å²) in [7, 11) is 2.99. The fourth-order valence-electron chi connectivity index (χ4n) is 2.33. The van der Waals surface area contributed by atoms with Gasteiger partial charge in [0, 0.05) is 14.1 Å². The van der Waals surface area contributed by atoms with E-state index in [1.165, 1.54) is 38.2 Å². The van der Waals surface area contributed by atoms with Crippen molar-refractivity contribution in [3.05, 3.63) is 29.8 Å². The van der Waals surface area contributed by atoms with Gasteiger partial charge in [-0.3, -0.25) is 14.4 Å². The van der Waals surface area contributed by atoms with Crippen molar-refractivity contribution in [2.45, 2.75) is 6.92 Å². The van der Waals surface area contributed by atoms with Crippen LogP contribution >= 0.6 is 0 Å². The molecule has 0 radical (unpaired) electrons. The Morgan fingerprint density at radius 3 is 2.41 bits per heavy atom. The van der Waals surface area contributed by atoms with Gasteiger partial charge in [-0.1, -0.05) is 13.0 Å². The van der Waals surface area contributed by atoms with E-state index in [0.717, 1.165) is 11.1 Å². The van der Waals surface area contributed by atoms with E-state index >= 15 is 0 Å². The van der Waals surface area contributed by atoms with Gasteiger partial charge in [0.05, 0.1) is 11.6 Å². The molecule has 6 nitrogen and oxygen atoms in total. The first-order valence-corrected chi connectivity index (χ1v) is 6.55. The van der Waals surface area contributed by atoms with Crippen molar-refractivity contribution in [2.75, 3.05) is 19.4 Å². The molecule has 0 saturated carbocycles. The standard InChI is InChI=1S/C14H15F2N3O3/c1-7-10(14(22)19(13(7)21)18(2)3)12(20)17-9-6-4-5-8(15)11(9)16/h4-7,10H,1-3H3,(H,17,20). The highest BCUT2D eigenvalue weighted by Crippen LogP contribution is 2.28. The summed E-state index contributed by atoms with van der Waals surface area (Å²) in [6, 6.07) is 3.31. The Kier molecular flexibility index (Phi) is 4.23. The fraction of sp³-hybridized carbons (Fsp3) is 0.357. The summed E-state index contributed by atoms with van der Waals surface area (Å²) in [4.78, 5) is 36.4. The third-order valence-corrected chi connectivity index (χ3v) is 3.47. The molecule has 22 heavy (non-hydrogen) atoms. The maximum atomic E-state index is 13.6. The second-order valence-electron chi connectivity index (χ2n) is 5.19. The molecule has 1 fully saturated rings. The lowest BCUT2D eigenvalue weighted by molar-refractivity contribution is -0.154. The zero-order valence-corrected chi connectivity index (χ0v) is 12.3. The molecule has 1 aliphatic heterocycles. The minimum absolute atomic E-state index is 0.374. The van der Waals surface area contributed by atoms with Gasteiger partial charge < -0.3 is 5.32 Å². The van der Waals surface area contributed by atoms with Gasteiger partial charge in [-0.2, -0.15) is 0 Å². The highest BCUT2D eigenvalue weighted by Gasteiger charge is 2.50. The number of hydrazine groups is 1. The molecule has 1 aromatic rings. The van der Waals surface area contributed by atoms with Gasteiger partial charge in [0.15, 0.2) is 11.6 Å². The first-order valence-electron chi connectivity index (χ1n) is 6.55. The number of hydrogen-bond acceptors (Lipinski definition) is 4. The predicted molar refractivity (Wildman–Crippen MR) is 73.2 cm³/mol. The number of nitrogens with one attached hydrogen (secondary N) is 1. The summed E-state index contributed by atoms with van der Waals surface area (Å²) >= 11 is 0. The van der Waals surface area contributed by atoms with E-state index in [1.807, 2.05) is 0 Å². The molecule has 118 valence electrons. The number of anilines is 1. The Bertz CT molecular complexity index is 648. The SMILES string of the molecule is CC1C(=O)N(N(C)C)C(=O)C1C(=O)Nc1cccc(F)c1F. The van der Waals surface area contributed by atoms with Crippen molar-refractivity contribution in [3.63, 3.8) is 0 Å². The van der Waals surface area contributed by atoms with E-state index in [2.05, 4.69) is 5.32 Å². The molecule has 1 aliphatic rings. The average molecular weight is 311 g/mol. The molecule has 1 N–H and O–H groups in total. The summed E-state index contributed by atoms with van der Waals surface area (Å²) in [5.74, 6) is -6.56. The van der Waals surface area contributed by atoms with Crippen molar-refractivity contribution in [3.8, 4) is 0 Å². The first kappa shape index (κ1) is 16.0. The number of carbonyl (C=O) groups is 3. The van der Waals surface area contributed by atoms with Crippen molar-refractivity contribution in [2.24, 2.45) is 11.8 Å². The van der Waals surface area contributed by atoms with Gasteiger partial charge in [-0.25, -0.2) is 18.8 Å². The number of imide groups is 1. The lowest BCUT2D eigenvalue weighted by Crippen LogP contribution is -2.43. The molecule has 1 aromatic carbocycles. The largest absolute Gasteiger partial charge is 0.323 e. The molecule has 2 rings (SSSR count). The molecule has 3 amide bonds. The molecule has 2 unspecified atom stereocenters. The van der Waals surface area contributed by atoms with Crippen molar-refractivity contribution >= 4 is 23.4 Å². The zero-order chi connectivity index (χ0) is 16.6. The van der Waals surface area contributed by atoms with Crippen LogP contribution in [0.25, 0.3) is 0 Å². The van der Waals surface area contributed by atoms with Gasteiger partial charge in [0.1, 0.15) is 5.92 Å². The van der Waals surface area contributed by atoms with Crippen LogP contribution < -0.4 is 5.32 Å². The van der Waals surface area contributed by atoms with E-state index in [-0.39, 0.29) is 5.69 Å². The Balaban J connectivity index is 2.24. The molecule has 0 aliphatic carbocycles. The molecule has 1 saturated heterocycles. The molecule has 0 aromatic heterocycles. The van der Waals surface area contributed by atoms with E-state index in [1.54, 1.807) is 0 Å². The maximum Gasteiger partial charge on any atom is 0.257 e. The monoisotopic (exact) mass is 311 g/mol. The molecule has 1 heterocycles. The van der Waals surface area contributed by atoms with Gasteiger partial charge >= 0.3 is 0 Å². The second-order valence-corrected chi connectivity index (χ2v) is 5.19. The van der Waals surface area contributed by atoms with E-state index < -0.39 is 41.2 Å². The third-order valence-electron chi connectivity index (χ3n) is 3.47. The number of rotatable bonds is 3. The van der Waals surface area contributed by atoms with E-state index in [9.17, 15) is 23.2 Å². The summed E-state index contributed by atoms with van der Waals surface area (Å²) < 4.78 is 26.7. The Hall–Kier alpha value is -2.35. The van der Waals surface area contributed by atoms with Crippen molar-refractivity contribution in [1.82, 2.24) is 10.0 Å². The minimum atomic E-state index is -1.28. The van der Waals surface area contributed by atoms with Crippen LogP contribution in [-0.2, 0) is 14.4 Å². The molecule has 0 bridgehead atoms. The molecular formula is C14H15F2N3O3. The first-order chi connectivity index (χ1) is 10.3. The van der Waals surface area contributed by atoms with Gasteiger partial charge in [0.25, 0.3) is 5.91 Å². The predicted octanol–water partition coefficient (Wildman–Crippen LogP) is 1.00. The highest BCUT2D eigenvalue weighted by molar-refractivity contribution is 6.17. The van der Waals surface area contributed by atoms with Crippen LogP contribution in [0, 0.1) is 23.5 Å². The van der Waals surface area contributed by atoms with Crippen LogP contribution in [-0.4, -0.2) is 41.8 Å². The molecule has 2 atom stereocenters. The molecule has 8 heteroatoms. The number of halogens is 2. The van der Waals surface area contributed by atoms with Crippen LogP contribution in [0.2, 0.25) is 0 Å². The Morgan fingerprint density at radius 1 is 1.23 bits per heavy atom. The smallest absolute Gasteiger partial charge is 0.257 e. The van der Waals surface area contributed by atoms with E-state index in [0.29, 0.717) is 0 Å². The van der Waals surface area contributed by atoms with Gasteiger partial charge in [-0.05, 0) is 12.1 Å². The number of carbonyl (C=O) groups excluding carboxylic acids is 3. The number of hydrogen-bond donors (Lipinski definition) is 1. The lowest BCUT2D eigenvalue weighted by atomic mass is 9.96. The number of benzene rings is 1. The van der Waals surface area contributed by atoms with Gasteiger partial charge in [0.2, 0.25) is 11.8 Å². The van der Waals surface area contributed by atoms with Crippen LogP contribution in [0.5, 0.6) is 0 Å². The molecular weight excluding hydrogens is 296 g/mol. The van der Waals surface area contributed by atoms with Crippen molar-refractivity contribution < 1.29 is 23.2 Å².